The fourth-order valence-corrected chi connectivity index (χ4v) is 5.97. The Hall–Kier alpha value is -3.84. The lowest BCUT2D eigenvalue weighted by molar-refractivity contribution is 0.0389. The van der Waals surface area contributed by atoms with Crippen LogP contribution in [0.5, 0.6) is 11.5 Å². The number of hydrogen-bond acceptors (Lipinski definition) is 7. The zero-order chi connectivity index (χ0) is 31.3. The first-order valence-electron chi connectivity index (χ1n) is 13.6. The maximum atomic E-state index is 13.7. The van der Waals surface area contributed by atoms with Gasteiger partial charge in [0, 0.05) is 30.2 Å². The molecule has 0 saturated carbocycles. The summed E-state index contributed by atoms with van der Waals surface area (Å²) >= 11 is 5.95. The van der Waals surface area contributed by atoms with Gasteiger partial charge < -0.3 is 30.1 Å². The van der Waals surface area contributed by atoms with Crippen molar-refractivity contribution in [2.24, 2.45) is 5.92 Å². The number of aliphatic hydroxyl groups is 1. The number of likely N-dealkylation sites (N-methyl/N-ethyl adjacent to an activating group) is 1. The maximum absolute atomic E-state index is 13.7. The van der Waals surface area contributed by atoms with Crippen LogP contribution < -0.4 is 20.1 Å². The molecule has 13 heteroatoms. The Morgan fingerprint density at radius 2 is 1.81 bits per heavy atom. The fourth-order valence-electron chi connectivity index (χ4n) is 4.66. The van der Waals surface area contributed by atoms with Crippen molar-refractivity contribution in [3.63, 3.8) is 0 Å². The molecule has 0 unspecified atom stereocenters. The Morgan fingerprint density at radius 1 is 1.14 bits per heavy atom. The summed E-state index contributed by atoms with van der Waals surface area (Å²) < 4.78 is 39.5. The van der Waals surface area contributed by atoms with E-state index in [4.69, 9.17) is 21.1 Å². The summed E-state index contributed by atoms with van der Waals surface area (Å²) in [6.45, 7) is 3.44. The number of fused-ring (bicyclic) bond motifs is 1. The maximum Gasteiger partial charge on any atom is 0.323 e. The Balaban J connectivity index is 1.67. The van der Waals surface area contributed by atoms with E-state index in [1.54, 1.807) is 56.5 Å². The van der Waals surface area contributed by atoms with Gasteiger partial charge in [0.05, 0.1) is 42.4 Å². The number of amides is 3. The highest BCUT2D eigenvalue weighted by Gasteiger charge is 2.36. The topological polar surface area (TPSA) is 138 Å². The van der Waals surface area contributed by atoms with Crippen LogP contribution in [0.15, 0.2) is 71.6 Å². The quantitative estimate of drug-likeness (QED) is 0.316. The van der Waals surface area contributed by atoms with Crippen LogP contribution in [-0.2, 0) is 10.0 Å². The number of ether oxygens (including phenoxy) is 2. The molecule has 0 bridgehead atoms. The molecule has 3 aromatic rings. The summed E-state index contributed by atoms with van der Waals surface area (Å²) in [7, 11) is -0.913. The summed E-state index contributed by atoms with van der Waals surface area (Å²) in [6, 6.07) is 16.3. The standard InChI is InChI=1S/C30H35ClN4O7S/c1-19-16-35(20(2)18-36)29(37)25-6-5-7-26(33-30(38)32-22-10-12-23(41-4)13-11-22)28(25)42-27(19)17-34(3)43(39,40)24-14-8-21(31)9-15-24/h5-15,19-20,27,36H,16-18H2,1-4H3,(H2,32,33,38)/t19-,20+,27+/m0/s1. The molecule has 1 aliphatic rings. The van der Waals surface area contributed by atoms with Crippen LogP contribution in [0.4, 0.5) is 16.2 Å². The van der Waals surface area contributed by atoms with Gasteiger partial charge in [-0.15, -0.1) is 0 Å². The number of sulfonamides is 1. The number of halogens is 1. The van der Waals surface area contributed by atoms with E-state index in [0.29, 0.717) is 16.5 Å². The van der Waals surface area contributed by atoms with E-state index >= 15 is 0 Å². The molecule has 230 valence electrons. The third kappa shape index (κ3) is 7.39. The number of urea groups is 1. The SMILES string of the molecule is COc1ccc(NC(=O)Nc2cccc3c2O[C@H](CN(C)S(=O)(=O)c2ccc(Cl)cc2)[C@@H](C)CN([C@H](C)CO)C3=O)cc1. The fraction of sp³-hybridized carbons (Fsp3) is 0.333. The first-order valence-corrected chi connectivity index (χ1v) is 15.4. The number of nitrogens with zero attached hydrogens (tertiary/aromatic N) is 2. The highest BCUT2D eigenvalue weighted by atomic mass is 35.5. The first kappa shape index (κ1) is 32.1. The Bertz CT molecular complexity index is 1550. The van der Waals surface area contributed by atoms with E-state index in [1.165, 1.54) is 40.5 Å². The number of methoxy groups -OCH3 is 1. The zero-order valence-electron chi connectivity index (χ0n) is 24.3. The smallest absolute Gasteiger partial charge is 0.323 e. The van der Waals surface area contributed by atoms with E-state index in [1.807, 2.05) is 6.92 Å². The molecule has 3 atom stereocenters. The van der Waals surface area contributed by atoms with E-state index in [9.17, 15) is 23.1 Å². The second kappa shape index (κ2) is 13.6. The predicted molar refractivity (Wildman–Crippen MR) is 165 cm³/mol. The molecule has 0 fully saturated rings. The first-order chi connectivity index (χ1) is 20.4. The number of aliphatic hydroxyl groups excluding tert-OH is 1. The number of nitrogens with one attached hydrogen (secondary N) is 2. The molecule has 3 N–H and O–H groups in total. The summed E-state index contributed by atoms with van der Waals surface area (Å²) in [4.78, 5) is 28.3. The molecule has 1 aliphatic heterocycles. The number of para-hydroxylation sites is 1. The number of anilines is 2. The highest BCUT2D eigenvalue weighted by molar-refractivity contribution is 7.89. The van der Waals surface area contributed by atoms with Crippen LogP contribution in [0.3, 0.4) is 0 Å². The lowest BCUT2D eigenvalue weighted by atomic mass is 9.99. The van der Waals surface area contributed by atoms with Crippen LogP contribution in [-0.4, -0.2) is 80.7 Å². The molecule has 3 aromatic carbocycles. The van der Waals surface area contributed by atoms with Crippen molar-refractivity contribution < 1.29 is 32.6 Å². The molecule has 0 spiro atoms. The summed E-state index contributed by atoms with van der Waals surface area (Å²) in [6.07, 6.45) is -0.736. The van der Waals surface area contributed by atoms with Gasteiger partial charge >= 0.3 is 6.03 Å². The molecule has 0 radical (unpaired) electrons. The zero-order valence-corrected chi connectivity index (χ0v) is 25.9. The lowest BCUT2D eigenvalue weighted by Crippen LogP contribution is -2.50. The van der Waals surface area contributed by atoms with Crippen molar-refractivity contribution in [3.8, 4) is 11.5 Å². The largest absolute Gasteiger partial charge is 0.497 e. The van der Waals surface area contributed by atoms with Gasteiger partial charge in [-0.1, -0.05) is 24.6 Å². The van der Waals surface area contributed by atoms with Crippen LogP contribution >= 0.6 is 11.6 Å². The molecule has 11 nitrogen and oxygen atoms in total. The number of rotatable bonds is 9. The van der Waals surface area contributed by atoms with Crippen LogP contribution in [0.1, 0.15) is 24.2 Å². The third-order valence-electron chi connectivity index (χ3n) is 7.25. The molecular formula is C30H35ClN4O7S. The molecule has 0 aromatic heterocycles. The van der Waals surface area contributed by atoms with Crippen molar-refractivity contribution in [1.29, 1.82) is 0 Å². The minimum atomic E-state index is -3.91. The van der Waals surface area contributed by atoms with Crippen molar-refractivity contribution in [2.75, 3.05) is 44.5 Å². The van der Waals surface area contributed by atoms with Crippen LogP contribution in [0.25, 0.3) is 0 Å². The molecule has 0 saturated heterocycles. The van der Waals surface area contributed by atoms with Crippen LogP contribution in [0, 0.1) is 5.92 Å². The van der Waals surface area contributed by atoms with Gasteiger partial charge in [0.1, 0.15) is 11.9 Å². The second-order valence-electron chi connectivity index (χ2n) is 10.4. The second-order valence-corrected chi connectivity index (χ2v) is 12.8. The van der Waals surface area contributed by atoms with Gasteiger partial charge in [-0.3, -0.25) is 4.79 Å². The monoisotopic (exact) mass is 630 g/mol. The Labute approximate surface area is 256 Å². The molecule has 43 heavy (non-hydrogen) atoms. The van der Waals surface area contributed by atoms with Gasteiger partial charge in [0.2, 0.25) is 10.0 Å². The van der Waals surface area contributed by atoms with E-state index in [0.717, 1.165) is 0 Å². The molecule has 4 rings (SSSR count). The van der Waals surface area contributed by atoms with Crippen molar-refractivity contribution >= 4 is 44.9 Å². The Kier molecular flexibility index (Phi) is 10.2. The third-order valence-corrected chi connectivity index (χ3v) is 9.34. The van der Waals surface area contributed by atoms with Crippen LogP contribution in [0.2, 0.25) is 5.02 Å². The van der Waals surface area contributed by atoms with Gasteiger partial charge in [-0.25, -0.2) is 13.2 Å². The highest BCUT2D eigenvalue weighted by Crippen LogP contribution is 2.35. The number of carbonyl (C=O) groups is 2. The normalized spacial score (nSPS) is 17.7. The van der Waals surface area contributed by atoms with Gasteiger partial charge in [0.15, 0.2) is 5.75 Å². The Morgan fingerprint density at radius 3 is 2.44 bits per heavy atom. The molecule has 1 heterocycles. The number of hydrogen-bond donors (Lipinski definition) is 3. The minimum absolute atomic E-state index is 0.0620. The lowest BCUT2D eigenvalue weighted by Gasteiger charge is -2.38. The number of benzene rings is 3. The minimum Gasteiger partial charge on any atom is -0.497 e. The van der Waals surface area contributed by atoms with Gasteiger partial charge in [-0.05, 0) is 67.6 Å². The summed E-state index contributed by atoms with van der Waals surface area (Å²) in [5.41, 5.74) is 0.899. The predicted octanol–water partition coefficient (Wildman–Crippen LogP) is 4.53. The van der Waals surface area contributed by atoms with E-state index in [-0.39, 0.29) is 53.4 Å². The van der Waals surface area contributed by atoms with E-state index < -0.39 is 28.2 Å². The molecule has 0 aliphatic carbocycles. The molecule has 3 amide bonds. The average Bonchev–Trinajstić information content (AvgIpc) is 2.99. The molecular weight excluding hydrogens is 596 g/mol. The summed E-state index contributed by atoms with van der Waals surface area (Å²) in [5.74, 6) is -0.0214. The van der Waals surface area contributed by atoms with Crippen molar-refractivity contribution in [3.05, 3.63) is 77.3 Å². The van der Waals surface area contributed by atoms with Gasteiger partial charge in [-0.2, -0.15) is 4.31 Å². The van der Waals surface area contributed by atoms with E-state index in [2.05, 4.69) is 10.6 Å². The number of carbonyl (C=O) groups excluding carboxylic acids is 2. The average molecular weight is 631 g/mol. The summed E-state index contributed by atoms with van der Waals surface area (Å²) in [5, 5.41) is 15.8. The van der Waals surface area contributed by atoms with Crippen molar-refractivity contribution in [1.82, 2.24) is 9.21 Å². The van der Waals surface area contributed by atoms with Gasteiger partial charge in [0.25, 0.3) is 5.91 Å². The van der Waals surface area contributed by atoms with Crippen molar-refractivity contribution in [2.45, 2.75) is 30.9 Å².